The number of rotatable bonds is 9. The number of unbranched alkanes of at least 4 members (excludes halogenated alkanes) is 1. The van der Waals surface area contributed by atoms with Crippen molar-refractivity contribution in [3.63, 3.8) is 0 Å². The van der Waals surface area contributed by atoms with Crippen LogP contribution in [0.5, 0.6) is 0 Å². The van der Waals surface area contributed by atoms with Gasteiger partial charge in [0, 0.05) is 32.7 Å². The van der Waals surface area contributed by atoms with Gasteiger partial charge in [-0.15, -0.1) is 0 Å². The Bertz CT molecular complexity index is 224. The van der Waals surface area contributed by atoms with Gasteiger partial charge in [-0.25, -0.2) is 4.98 Å². The van der Waals surface area contributed by atoms with Crippen molar-refractivity contribution < 1.29 is 4.74 Å². The number of imidazole rings is 1. The molecule has 0 aliphatic carbocycles. The number of nitrogens with zero attached hydrogens (tertiary/aromatic N) is 2. The predicted octanol–water partition coefficient (Wildman–Crippen LogP) is 1.29. The van der Waals surface area contributed by atoms with Crippen LogP contribution in [0.1, 0.15) is 19.3 Å². The normalized spacial score (nSPS) is 10.7. The van der Waals surface area contributed by atoms with Crippen LogP contribution in [0, 0.1) is 0 Å². The molecule has 0 atom stereocenters. The van der Waals surface area contributed by atoms with E-state index in [4.69, 9.17) is 4.74 Å². The first-order valence-electron chi connectivity index (χ1n) is 5.59. The summed E-state index contributed by atoms with van der Waals surface area (Å²) < 4.78 is 7.08. The smallest absolute Gasteiger partial charge is 0.0945 e. The van der Waals surface area contributed by atoms with E-state index in [1.165, 1.54) is 6.42 Å². The molecule has 4 heteroatoms. The average molecular weight is 211 g/mol. The van der Waals surface area contributed by atoms with Gasteiger partial charge in [-0.1, -0.05) is 0 Å². The molecule has 0 saturated heterocycles. The second kappa shape index (κ2) is 8.44. The lowest BCUT2D eigenvalue weighted by Gasteiger charge is -2.04. The molecular weight excluding hydrogens is 190 g/mol. The Morgan fingerprint density at radius 2 is 2.13 bits per heavy atom. The summed E-state index contributed by atoms with van der Waals surface area (Å²) in [5.74, 6) is 0. The third kappa shape index (κ3) is 6.25. The van der Waals surface area contributed by atoms with Crippen molar-refractivity contribution in [2.45, 2.75) is 25.8 Å². The van der Waals surface area contributed by atoms with Crippen molar-refractivity contribution in [2.75, 3.05) is 26.8 Å². The van der Waals surface area contributed by atoms with Gasteiger partial charge >= 0.3 is 0 Å². The van der Waals surface area contributed by atoms with Crippen molar-refractivity contribution in [1.29, 1.82) is 0 Å². The second-order valence-corrected chi connectivity index (χ2v) is 3.60. The van der Waals surface area contributed by atoms with E-state index < -0.39 is 0 Å². The topological polar surface area (TPSA) is 39.1 Å². The van der Waals surface area contributed by atoms with E-state index in [1.54, 1.807) is 7.11 Å². The minimum atomic E-state index is 0.872. The monoisotopic (exact) mass is 211 g/mol. The molecule has 86 valence electrons. The Kier molecular flexibility index (Phi) is 6.86. The minimum absolute atomic E-state index is 0.872. The molecule has 1 rings (SSSR count). The van der Waals surface area contributed by atoms with Gasteiger partial charge in [0.15, 0.2) is 0 Å². The van der Waals surface area contributed by atoms with Crippen molar-refractivity contribution in [2.24, 2.45) is 0 Å². The molecule has 0 aromatic carbocycles. The number of methoxy groups -OCH3 is 1. The highest BCUT2D eigenvalue weighted by Gasteiger charge is 1.91. The van der Waals surface area contributed by atoms with Crippen LogP contribution in [-0.2, 0) is 11.3 Å². The zero-order valence-electron chi connectivity index (χ0n) is 9.48. The summed E-state index contributed by atoms with van der Waals surface area (Å²) in [6, 6.07) is 0. The van der Waals surface area contributed by atoms with Crippen LogP contribution >= 0.6 is 0 Å². The van der Waals surface area contributed by atoms with E-state index in [2.05, 4.69) is 14.9 Å². The van der Waals surface area contributed by atoms with Crippen LogP contribution in [0.2, 0.25) is 0 Å². The maximum atomic E-state index is 4.98. The maximum Gasteiger partial charge on any atom is 0.0945 e. The zero-order valence-corrected chi connectivity index (χ0v) is 9.48. The van der Waals surface area contributed by atoms with Gasteiger partial charge in [0.05, 0.1) is 6.33 Å². The van der Waals surface area contributed by atoms with Crippen LogP contribution in [0.4, 0.5) is 0 Å². The van der Waals surface area contributed by atoms with Gasteiger partial charge in [0.1, 0.15) is 0 Å². The Labute approximate surface area is 91.7 Å². The predicted molar refractivity (Wildman–Crippen MR) is 60.8 cm³/mol. The number of hydrogen-bond donors (Lipinski definition) is 1. The molecule has 0 aliphatic heterocycles. The van der Waals surface area contributed by atoms with Crippen LogP contribution in [-0.4, -0.2) is 36.4 Å². The Morgan fingerprint density at radius 3 is 2.87 bits per heavy atom. The molecule has 0 spiro atoms. The van der Waals surface area contributed by atoms with Gasteiger partial charge in [-0.2, -0.15) is 0 Å². The van der Waals surface area contributed by atoms with Gasteiger partial charge in [0.25, 0.3) is 0 Å². The molecule has 0 unspecified atom stereocenters. The molecule has 0 fully saturated rings. The summed E-state index contributed by atoms with van der Waals surface area (Å²) in [6.07, 6.45) is 9.17. The van der Waals surface area contributed by atoms with Gasteiger partial charge in [-0.3, -0.25) is 0 Å². The number of ether oxygens (including phenoxy) is 1. The van der Waals surface area contributed by atoms with Crippen molar-refractivity contribution in [1.82, 2.24) is 14.9 Å². The van der Waals surface area contributed by atoms with Gasteiger partial charge in [0.2, 0.25) is 0 Å². The SMILES string of the molecule is COCCCCNCCCn1ccnc1. The third-order valence-corrected chi connectivity index (χ3v) is 2.28. The molecule has 1 aromatic rings. The van der Waals surface area contributed by atoms with Gasteiger partial charge in [-0.05, 0) is 32.4 Å². The molecule has 1 heterocycles. The molecular formula is C11H21N3O. The lowest BCUT2D eigenvalue weighted by atomic mass is 10.3. The van der Waals surface area contributed by atoms with Crippen molar-refractivity contribution in [3.05, 3.63) is 18.7 Å². The largest absolute Gasteiger partial charge is 0.385 e. The molecule has 0 aliphatic rings. The molecule has 1 N–H and O–H groups in total. The fourth-order valence-corrected chi connectivity index (χ4v) is 1.43. The number of nitrogens with one attached hydrogen (secondary N) is 1. The number of aromatic nitrogens is 2. The van der Waals surface area contributed by atoms with Crippen LogP contribution in [0.3, 0.4) is 0 Å². The minimum Gasteiger partial charge on any atom is -0.385 e. The molecule has 0 radical (unpaired) electrons. The Morgan fingerprint density at radius 1 is 1.27 bits per heavy atom. The highest BCUT2D eigenvalue weighted by molar-refractivity contribution is 4.73. The van der Waals surface area contributed by atoms with Crippen molar-refractivity contribution >= 4 is 0 Å². The third-order valence-electron chi connectivity index (χ3n) is 2.28. The van der Waals surface area contributed by atoms with E-state index in [1.807, 2.05) is 18.7 Å². The molecule has 0 saturated carbocycles. The Hall–Kier alpha value is -0.870. The van der Waals surface area contributed by atoms with E-state index in [9.17, 15) is 0 Å². The lowest BCUT2D eigenvalue weighted by molar-refractivity contribution is 0.192. The summed E-state index contributed by atoms with van der Waals surface area (Å²) in [5.41, 5.74) is 0. The fourth-order valence-electron chi connectivity index (χ4n) is 1.43. The lowest BCUT2D eigenvalue weighted by Crippen LogP contribution is -2.18. The van der Waals surface area contributed by atoms with E-state index in [-0.39, 0.29) is 0 Å². The molecule has 4 nitrogen and oxygen atoms in total. The highest BCUT2D eigenvalue weighted by Crippen LogP contribution is 1.90. The van der Waals surface area contributed by atoms with E-state index in [0.29, 0.717) is 0 Å². The molecule has 1 aromatic heterocycles. The first-order valence-corrected chi connectivity index (χ1v) is 5.59. The average Bonchev–Trinajstić information content (AvgIpc) is 2.75. The van der Waals surface area contributed by atoms with Crippen molar-refractivity contribution in [3.8, 4) is 0 Å². The summed E-state index contributed by atoms with van der Waals surface area (Å²) in [4.78, 5) is 4.00. The standard InChI is InChI=1S/C11H21N3O/c1-15-10-3-2-5-12-6-4-8-14-9-7-13-11-14/h7,9,11-12H,2-6,8,10H2,1H3. The quantitative estimate of drug-likeness (QED) is 0.626. The second-order valence-electron chi connectivity index (χ2n) is 3.60. The van der Waals surface area contributed by atoms with E-state index in [0.717, 1.165) is 39.1 Å². The van der Waals surface area contributed by atoms with Crippen LogP contribution < -0.4 is 5.32 Å². The van der Waals surface area contributed by atoms with Crippen LogP contribution in [0.15, 0.2) is 18.7 Å². The summed E-state index contributed by atoms with van der Waals surface area (Å²) in [5, 5.41) is 3.42. The Balaban J connectivity index is 1.81. The first kappa shape index (κ1) is 12.2. The zero-order chi connectivity index (χ0) is 10.8. The molecule has 0 bridgehead atoms. The van der Waals surface area contributed by atoms with Gasteiger partial charge < -0.3 is 14.6 Å². The first-order chi connectivity index (χ1) is 7.43. The molecule has 15 heavy (non-hydrogen) atoms. The maximum absolute atomic E-state index is 4.98. The van der Waals surface area contributed by atoms with E-state index >= 15 is 0 Å². The molecule has 0 amide bonds. The highest BCUT2D eigenvalue weighted by atomic mass is 16.5. The summed E-state index contributed by atoms with van der Waals surface area (Å²) >= 11 is 0. The number of aryl methyl sites for hydroxylation is 1. The summed E-state index contributed by atoms with van der Waals surface area (Å²) in [6.45, 7) is 4.08. The number of hydrogen-bond acceptors (Lipinski definition) is 3. The van der Waals surface area contributed by atoms with Crippen LogP contribution in [0.25, 0.3) is 0 Å². The summed E-state index contributed by atoms with van der Waals surface area (Å²) in [7, 11) is 1.75. The fraction of sp³-hybridized carbons (Fsp3) is 0.727.